The molecular formula is C9H11N3O3S. The molecule has 0 aliphatic rings. The number of hydrogen-bond acceptors (Lipinski definition) is 5. The van der Waals surface area contributed by atoms with Crippen molar-refractivity contribution in [2.75, 3.05) is 13.2 Å². The molecule has 6 nitrogen and oxygen atoms in total. The third kappa shape index (κ3) is 3.00. The minimum atomic E-state index is -3.72. The molecule has 2 N–H and O–H groups in total. The summed E-state index contributed by atoms with van der Waals surface area (Å²) >= 11 is 0. The highest BCUT2D eigenvalue weighted by atomic mass is 32.2. The minimum Gasteiger partial charge on any atom is -0.396 e. The molecule has 0 radical (unpaired) electrons. The zero-order chi connectivity index (χ0) is 12.0. The molecular weight excluding hydrogens is 230 g/mol. The number of aliphatic hydroxyl groups excluding tert-OH is 1. The molecule has 1 aromatic rings. The first kappa shape index (κ1) is 12.6. The highest BCUT2D eigenvalue weighted by molar-refractivity contribution is 7.89. The van der Waals surface area contributed by atoms with Gasteiger partial charge in [0, 0.05) is 19.3 Å². The van der Waals surface area contributed by atoms with Crippen LogP contribution in [0.3, 0.4) is 0 Å². The number of pyridine rings is 1. The predicted molar refractivity (Wildman–Crippen MR) is 55.8 cm³/mol. The second kappa shape index (κ2) is 5.55. The molecule has 0 amide bonds. The quantitative estimate of drug-likeness (QED) is 0.683. The molecule has 86 valence electrons. The average molecular weight is 241 g/mol. The van der Waals surface area contributed by atoms with Crippen LogP contribution in [-0.2, 0) is 10.0 Å². The fourth-order valence-electron chi connectivity index (χ4n) is 1.05. The van der Waals surface area contributed by atoms with E-state index in [1.165, 1.54) is 18.3 Å². The number of rotatable bonds is 5. The van der Waals surface area contributed by atoms with Crippen LogP contribution in [0.15, 0.2) is 23.2 Å². The molecule has 0 aromatic carbocycles. The lowest BCUT2D eigenvalue weighted by molar-refractivity contribution is 0.289. The number of nitrogens with zero attached hydrogens (tertiary/aromatic N) is 2. The fraction of sp³-hybridized carbons (Fsp3) is 0.333. The van der Waals surface area contributed by atoms with Crippen molar-refractivity contribution in [1.82, 2.24) is 9.71 Å². The van der Waals surface area contributed by atoms with Gasteiger partial charge in [0.2, 0.25) is 10.0 Å². The van der Waals surface area contributed by atoms with Crippen molar-refractivity contribution in [2.45, 2.75) is 11.3 Å². The molecule has 16 heavy (non-hydrogen) atoms. The minimum absolute atomic E-state index is 0.0966. The van der Waals surface area contributed by atoms with Crippen molar-refractivity contribution in [3.05, 3.63) is 24.0 Å². The maximum Gasteiger partial charge on any atom is 0.243 e. The standard InChI is InChI=1S/C9H11N3O3S/c10-7-8-9(3-1-4-11-8)16(14,15)12-5-2-6-13/h1,3-4,12-13H,2,5-6H2. The van der Waals surface area contributed by atoms with Crippen LogP contribution in [0.5, 0.6) is 0 Å². The van der Waals surface area contributed by atoms with Crippen LogP contribution in [-0.4, -0.2) is 31.7 Å². The van der Waals surface area contributed by atoms with Gasteiger partial charge in [0.15, 0.2) is 5.69 Å². The van der Waals surface area contributed by atoms with Gasteiger partial charge in [-0.1, -0.05) is 0 Å². The monoisotopic (exact) mass is 241 g/mol. The maximum absolute atomic E-state index is 11.7. The number of sulfonamides is 1. The lowest BCUT2D eigenvalue weighted by Gasteiger charge is -2.06. The van der Waals surface area contributed by atoms with Crippen LogP contribution in [0.25, 0.3) is 0 Å². The van der Waals surface area contributed by atoms with E-state index < -0.39 is 10.0 Å². The van der Waals surface area contributed by atoms with Crippen molar-refractivity contribution >= 4 is 10.0 Å². The number of nitriles is 1. The Morgan fingerprint density at radius 3 is 2.94 bits per heavy atom. The van der Waals surface area contributed by atoms with Crippen LogP contribution in [0.4, 0.5) is 0 Å². The van der Waals surface area contributed by atoms with Crippen molar-refractivity contribution in [1.29, 1.82) is 5.26 Å². The first-order valence-electron chi connectivity index (χ1n) is 4.57. The van der Waals surface area contributed by atoms with Crippen LogP contribution in [0, 0.1) is 11.3 Å². The van der Waals surface area contributed by atoms with Crippen molar-refractivity contribution in [3.8, 4) is 6.07 Å². The molecule has 0 saturated heterocycles. The SMILES string of the molecule is N#Cc1ncccc1S(=O)(=O)NCCCO. The topological polar surface area (TPSA) is 103 Å². The van der Waals surface area contributed by atoms with Crippen molar-refractivity contribution in [3.63, 3.8) is 0 Å². The Hall–Kier alpha value is -1.49. The van der Waals surface area contributed by atoms with E-state index in [9.17, 15) is 8.42 Å². The molecule has 7 heteroatoms. The smallest absolute Gasteiger partial charge is 0.243 e. The number of aromatic nitrogens is 1. The van der Waals surface area contributed by atoms with Gasteiger partial charge in [-0.05, 0) is 18.6 Å². The number of hydrogen-bond donors (Lipinski definition) is 2. The molecule has 0 aliphatic carbocycles. The third-order valence-corrected chi connectivity index (χ3v) is 3.29. The molecule has 1 heterocycles. The van der Waals surface area contributed by atoms with Crippen molar-refractivity contribution < 1.29 is 13.5 Å². The largest absolute Gasteiger partial charge is 0.396 e. The second-order valence-corrected chi connectivity index (χ2v) is 4.67. The van der Waals surface area contributed by atoms with E-state index in [0.29, 0.717) is 6.42 Å². The van der Waals surface area contributed by atoms with Gasteiger partial charge in [-0.2, -0.15) is 5.26 Å². The van der Waals surface area contributed by atoms with Gasteiger partial charge in [0.25, 0.3) is 0 Å². The molecule has 0 fully saturated rings. The Labute approximate surface area is 93.6 Å². The first-order chi connectivity index (χ1) is 7.61. The summed E-state index contributed by atoms with van der Waals surface area (Å²) in [5.74, 6) is 0. The Morgan fingerprint density at radius 1 is 1.56 bits per heavy atom. The lowest BCUT2D eigenvalue weighted by atomic mass is 10.4. The van der Waals surface area contributed by atoms with Gasteiger partial charge in [-0.3, -0.25) is 0 Å². The highest BCUT2D eigenvalue weighted by Crippen LogP contribution is 2.11. The van der Waals surface area contributed by atoms with E-state index in [1.807, 2.05) is 0 Å². The van der Waals surface area contributed by atoms with Gasteiger partial charge in [0.05, 0.1) is 0 Å². The fourth-order valence-corrected chi connectivity index (χ4v) is 2.23. The average Bonchev–Trinajstić information content (AvgIpc) is 2.29. The summed E-state index contributed by atoms with van der Waals surface area (Å²) in [4.78, 5) is 3.52. The van der Waals surface area contributed by atoms with Crippen LogP contribution < -0.4 is 4.72 Å². The molecule has 0 saturated carbocycles. The van der Waals surface area contributed by atoms with Crippen LogP contribution in [0.2, 0.25) is 0 Å². The zero-order valence-corrected chi connectivity index (χ0v) is 9.24. The summed E-state index contributed by atoms with van der Waals surface area (Å²) in [6.45, 7) is 0.0270. The third-order valence-electron chi connectivity index (χ3n) is 1.79. The molecule has 0 aliphatic heterocycles. The summed E-state index contributed by atoms with van der Waals surface area (Å²) in [7, 11) is -3.72. The molecule has 1 rings (SSSR count). The Balaban J connectivity index is 2.95. The summed E-state index contributed by atoms with van der Waals surface area (Å²) in [5, 5.41) is 17.2. The van der Waals surface area contributed by atoms with Gasteiger partial charge in [-0.15, -0.1) is 0 Å². The van der Waals surface area contributed by atoms with E-state index in [1.54, 1.807) is 6.07 Å². The van der Waals surface area contributed by atoms with E-state index in [0.717, 1.165) is 0 Å². The normalized spacial score (nSPS) is 11.0. The van der Waals surface area contributed by atoms with Gasteiger partial charge in [0.1, 0.15) is 11.0 Å². The number of aliphatic hydroxyl groups is 1. The predicted octanol–water partition coefficient (Wildman–Crippen LogP) is -0.386. The zero-order valence-electron chi connectivity index (χ0n) is 8.42. The van der Waals surface area contributed by atoms with E-state index in [2.05, 4.69) is 9.71 Å². The Morgan fingerprint density at radius 2 is 2.31 bits per heavy atom. The number of nitrogens with one attached hydrogen (secondary N) is 1. The van der Waals surface area contributed by atoms with E-state index >= 15 is 0 Å². The molecule has 0 unspecified atom stereocenters. The van der Waals surface area contributed by atoms with Gasteiger partial charge >= 0.3 is 0 Å². The summed E-state index contributed by atoms with van der Waals surface area (Å²) in [6, 6.07) is 4.47. The molecule has 0 spiro atoms. The summed E-state index contributed by atoms with van der Waals surface area (Å²) in [6.07, 6.45) is 1.67. The Bertz CT molecular complexity index is 493. The van der Waals surface area contributed by atoms with E-state index in [4.69, 9.17) is 10.4 Å². The van der Waals surface area contributed by atoms with Crippen LogP contribution in [0.1, 0.15) is 12.1 Å². The Kier molecular flexibility index (Phi) is 4.37. The molecule has 0 atom stereocenters. The second-order valence-electron chi connectivity index (χ2n) is 2.94. The highest BCUT2D eigenvalue weighted by Gasteiger charge is 2.18. The van der Waals surface area contributed by atoms with E-state index in [-0.39, 0.29) is 23.7 Å². The van der Waals surface area contributed by atoms with Crippen molar-refractivity contribution in [2.24, 2.45) is 0 Å². The summed E-state index contributed by atoms with van der Waals surface area (Å²) in [5.41, 5.74) is -0.140. The molecule has 1 aromatic heterocycles. The molecule has 0 bridgehead atoms. The van der Waals surface area contributed by atoms with Gasteiger partial charge < -0.3 is 5.11 Å². The lowest BCUT2D eigenvalue weighted by Crippen LogP contribution is -2.26. The van der Waals surface area contributed by atoms with Gasteiger partial charge in [-0.25, -0.2) is 18.1 Å². The maximum atomic E-state index is 11.7. The summed E-state index contributed by atoms with van der Waals surface area (Å²) < 4.78 is 25.7. The first-order valence-corrected chi connectivity index (χ1v) is 6.06. The van der Waals surface area contributed by atoms with Crippen LogP contribution >= 0.6 is 0 Å².